The number of hydrogen-bond donors (Lipinski definition) is 3. The van der Waals surface area contributed by atoms with E-state index in [1.807, 2.05) is 0 Å². The van der Waals surface area contributed by atoms with Gasteiger partial charge in [-0.25, -0.2) is 9.89 Å². The number of benzene rings is 1. The molecule has 1 aromatic heterocycles. The zero-order valence-corrected chi connectivity index (χ0v) is 11.5. The molecule has 0 saturated heterocycles. The van der Waals surface area contributed by atoms with Crippen LogP contribution < -0.4 is 11.4 Å². The fraction of sp³-hybridized carbons (Fsp3) is 0.100. The minimum absolute atomic E-state index is 0.173. The van der Waals surface area contributed by atoms with Crippen molar-refractivity contribution in [2.45, 2.75) is 10.1 Å². The average molecular weight is 310 g/mol. The van der Waals surface area contributed by atoms with Gasteiger partial charge in [0, 0.05) is 29.6 Å². The number of nitrogens with two attached hydrogens (primary N) is 1. The van der Waals surface area contributed by atoms with Gasteiger partial charge in [-0.15, -0.1) is 5.10 Å². The Morgan fingerprint density at radius 3 is 2.86 bits per heavy atom. The number of nitrogens with one attached hydrogen (secondary N) is 1. The highest BCUT2D eigenvalue weighted by Crippen LogP contribution is 2.30. The van der Waals surface area contributed by atoms with E-state index in [9.17, 15) is 14.9 Å². The molecule has 0 aliphatic carbocycles. The molecule has 0 unspecified atom stereocenters. The first-order valence-electron chi connectivity index (χ1n) is 5.49. The van der Waals surface area contributed by atoms with Crippen molar-refractivity contribution in [2.24, 2.45) is 17.9 Å². The SMILES string of the molecule is Cn1c(Sc2ccc([N+](=O)[O-])cc2C(N)=NO)n[nH]c1=O. The van der Waals surface area contributed by atoms with Gasteiger partial charge < -0.3 is 10.9 Å². The molecule has 0 aliphatic rings. The van der Waals surface area contributed by atoms with Crippen molar-refractivity contribution in [3.8, 4) is 0 Å². The zero-order chi connectivity index (χ0) is 15.6. The molecule has 0 fully saturated rings. The fourth-order valence-corrected chi connectivity index (χ4v) is 2.41. The maximum absolute atomic E-state index is 11.3. The summed E-state index contributed by atoms with van der Waals surface area (Å²) in [6.07, 6.45) is 0. The standard InChI is InChI=1S/C10H10N6O4S/c1-15-9(17)12-13-10(15)21-7-3-2-5(16(19)20)4-6(7)8(11)14-18/h2-4,18H,1H3,(H2,11,14)(H,12,17). The number of aromatic amines is 1. The van der Waals surface area contributed by atoms with Crippen LogP contribution in [0.1, 0.15) is 5.56 Å². The van der Waals surface area contributed by atoms with E-state index in [1.165, 1.54) is 29.8 Å². The number of nitro benzene ring substituents is 1. The number of nitrogens with zero attached hydrogens (tertiary/aromatic N) is 4. The van der Waals surface area contributed by atoms with Crippen molar-refractivity contribution in [1.29, 1.82) is 0 Å². The van der Waals surface area contributed by atoms with E-state index in [2.05, 4.69) is 15.4 Å². The lowest BCUT2D eigenvalue weighted by molar-refractivity contribution is -0.384. The maximum Gasteiger partial charge on any atom is 0.343 e. The first-order valence-corrected chi connectivity index (χ1v) is 6.31. The molecule has 11 heteroatoms. The van der Waals surface area contributed by atoms with E-state index in [-0.39, 0.29) is 17.1 Å². The van der Waals surface area contributed by atoms with Crippen LogP contribution in [-0.4, -0.2) is 30.7 Å². The third-order valence-electron chi connectivity index (χ3n) is 2.60. The number of amidine groups is 1. The van der Waals surface area contributed by atoms with Crippen LogP contribution in [0.2, 0.25) is 0 Å². The zero-order valence-electron chi connectivity index (χ0n) is 10.7. The number of rotatable bonds is 4. The van der Waals surface area contributed by atoms with Gasteiger partial charge in [-0.3, -0.25) is 14.7 Å². The van der Waals surface area contributed by atoms with Crippen LogP contribution in [0.3, 0.4) is 0 Å². The second kappa shape index (κ2) is 5.66. The summed E-state index contributed by atoms with van der Waals surface area (Å²) in [7, 11) is 1.52. The molecule has 1 aromatic carbocycles. The Balaban J connectivity index is 2.50. The third kappa shape index (κ3) is 2.86. The topological polar surface area (TPSA) is 152 Å². The van der Waals surface area contributed by atoms with Gasteiger partial charge in [0.15, 0.2) is 11.0 Å². The number of H-pyrrole nitrogens is 1. The van der Waals surface area contributed by atoms with Crippen molar-refractivity contribution in [3.63, 3.8) is 0 Å². The van der Waals surface area contributed by atoms with Gasteiger partial charge in [0.05, 0.1) is 4.92 Å². The minimum atomic E-state index is -0.590. The molecular formula is C10H10N6O4S. The molecule has 10 nitrogen and oxygen atoms in total. The van der Waals surface area contributed by atoms with Crippen LogP contribution in [0.25, 0.3) is 0 Å². The molecular weight excluding hydrogens is 300 g/mol. The van der Waals surface area contributed by atoms with Crippen molar-refractivity contribution < 1.29 is 10.1 Å². The summed E-state index contributed by atoms with van der Waals surface area (Å²) in [6.45, 7) is 0. The monoisotopic (exact) mass is 310 g/mol. The summed E-state index contributed by atoms with van der Waals surface area (Å²) >= 11 is 1.05. The number of oxime groups is 1. The van der Waals surface area contributed by atoms with Crippen molar-refractivity contribution in [3.05, 3.63) is 44.4 Å². The summed E-state index contributed by atoms with van der Waals surface area (Å²) in [5.41, 5.74) is 5.11. The predicted molar refractivity (Wildman–Crippen MR) is 73.6 cm³/mol. The van der Waals surface area contributed by atoms with Crippen LogP contribution in [0, 0.1) is 10.1 Å². The van der Waals surface area contributed by atoms with Gasteiger partial charge >= 0.3 is 5.69 Å². The Hall–Kier alpha value is -2.82. The van der Waals surface area contributed by atoms with Gasteiger partial charge in [-0.2, -0.15) is 0 Å². The van der Waals surface area contributed by atoms with E-state index < -0.39 is 10.6 Å². The van der Waals surface area contributed by atoms with E-state index in [0.29, 0.717) is 10.1 Å². The Kier molecular flexibility index (Phi) is 3.93. The number of aromatic nitrogens is 3. The molecule has 0 radical (unpaired) electrons. The van der Waals surface area contributed by atoms with E-state index in [4.69, 9.17) is 10.9 Å². The van der Waals surface area contributed by atoms with Gasteiger partial charge in [0.1, 0.15) is 0 Å². The Morgan fingerprint density at radius 1 is 1.62 bits per heavy atom. The van der Waals surface area contributed by atoms with Gasteiger partial charge in [0.25, 0.3) is 5.69 Å². The van der Waals surface area contributed by atoms with E-state index in [1.54, 1.807) is 0 Å². The lowest BCUT2D eigenvalue weighted by Gasteiger charge is -2.07. The highest BCUT2D eigenvalue weighted by Gasteiger charge is 2.17. The quantitative estimate of drug-likeness (QED) is 0.241. The largest absolute Gasteiger partial charge is 0.409 e. The third-order valence-corrected chi connectivity index (χ3v) is 3.72. The highest BCUT2D eigenvalue weighted by molar-refractivity contribution is 7.99. The number of hydrogen-bond acceptors (Lipinski definition) is 7. The van der Waals surface area contributed by atoms with Gasteiger partial charge in [-0.05, 0) is 17.8 Å². The van der Waals surface area contributed by atoms with Crippen LogP contribution >= 0.6 is 11.8 Å². The second-order valence-corrected chi connectivity index (χ2v) is 4.90. The van der Waals surface area contributed by atoms with Crippen molar-refractivity contribution in [2.75, 3.05) is 0 Å². The Bertz CT molecular complexity index is 780. The van der Waals surface area contributed by atoms with Gasteiger partial charge in [0.2, 0.25) is 0 Å². The van der Waals surface area contributed by atoms with Gasteiger partial charge in [-0.1, -0.05) is 5.16 Å². The summed E-state index contributed by atoms with van der Waals surface area (Å²) in [5.74, 6) is -0.276. The van der Waals surface area contributed by atoms with Crippen LogP contribution in [0.4, 0.5) is 5.69 Å². The molecule has 1 heterocycles. The normalized spacial score (nSPS) is 11.6. The van der Waals surface area contributed by atoms with Crippen LogP contribution in [0.15, 0.2) is 38.2 Å². The van der Waals surface area contributed by atoms with Crippen LogP contribution in [0.5, 0.6) is 0 Å². The molecule has 4 N–H and O–H groups in total. The Morgan fingerprint density at radius 2 is 2.33 bits per heavy atom. The molecule has 0 bridgehead atoms. The highest BCUT2D eigenvalue weighted by atomic mass is 32.2. The first kappa shape index (κ1) is 14.6. The predicted octanol–water partition coefficient (Wildman–Crippen LogP) is 0.262. The summed E-state index contributed by atoms with van der Waals surface area (Å²) < 4.78 is 1.27. The average Bonchev–Trinajstić information content (AvgIpc) is 2.78. The molecule has 21 heavy (non-hydrogen) atoms. The smallest absolute Gasteiger partial charge is 0.343 e. The summed E-state index contributed by atoms with van der Waals surface area (Å²) in [5, 5.41) is 28.8. The van der Waals surface area contributed by atoms with Crippen molar-refractivity contribution >= 4 is 23.3 Å². The number of nitro groups is 1. The molecule has 0 saturated carbocycles. The lowest BCUT2D eigenvalue weighted by atomic mass is 10.2. The molecule has 2 rings (SSSR count). The summed E-state index contributed by atoms with van der Waals surface area (Å²) in [6, 6.07) is 3.90. The number of non-ortho nitro benzene ring substituents is 1. The minimum Gasteiger partial charge on any atom is -0.409 e. The van der Waals surface area contributed by atoms with Crippen LogP contribution in [-0.2, 0) is 7.05 Å². The van der Waals surface area contributed by atoms with E-state index >= 15 is 0 Å². The maximum atomic E-state index is 11.3. The van der Waals surface area contributed by atoms with E-state index in [0.717, 1.165) is 11.8 Å². The second-order valence-electron chi connectivity index (χ2n) is 3.90. The Labute approximate surface area is 121 Å². The molecule has 2 aromatic rings. The molecule has 0 atom stereocenters. The molecule has 0 amide bonds. The van der Waals surface area contributed by atoms with Crippen molar-refractivity contribution in [1.82, 2.24) is 14.8 Å². The molecule has 110 valence electrons. The first-order chi connectivity index (χ1) is 9.93. The lowest BCUT2D eigenvalue weighted by Crippen LogP contribution is -2.15. The summed E-state index contributed by atoms with van der Waals surface area (Å²) in [4.78, 5) is 22.0. The molecule has 0 spiro atoms. The fourth-order valence-electron chi connectivity index (χ4n) is 1.50. The molecule has 0 aliphatic heterocycles.